The third-order valence-electron chi connectivity index (χ3n) is 5.51. The summed E-state index contributed by atoms with van der Waals surface area (Å²) >= 11 is 0. The molecule has 152 valence electrons. The second kappa shape index (κ2) is 8.63. The lowest BCUT2D eigenvalue weighted by Gasteiger charge is -2.44. The average Bonchev–Trinajstić information content (AvgIpc) is 2.83. The van der Waals surface area contributed by atoms with Crippen molar-refractivity contribution in [2.24, 2.45) is 0 Å². The Morgan fingerprint density at radius 3 is 2.31 bits per heavy atom. The molecule has 0 aliphatic carbocycles. The minimum atomic E-state index is -3.48. The Bertz CT molecular complexity index is 974. The number of fused-ring (bicyclic) bond motifs is 2. The number of ether oxygens (including phenoxy) is 1. The third kappa shape index (κ3) is 4.67. The molecule has 0 spiro atoms. The van der Waals surface area contributed by atoms with Gasteiger partial charge in [0.25, 0.3) is 0 Å². The molecule has 2 aromatic carbocycles. The normalized spacial score (nSPS) is 26.2. The lowest BCUT2D eigenvalue weighted by atomic mass is 10.0. The van der Waals surface area contributed by atoms with Crippen LogP contribution in [0.4, 0.5) is 0 Å². The molecule has 29 heavy (non-hydrogen) atoms. The lowest BCUT2D eigenvalue weighted by Crippen LogP contribution is -2.60. The van der Waals surface area contributed by atoms with E-state index >= 15 is 0 Å². The molecule has 0 saturated carbocycles. The lowest BCUT2D eigenvalue weighted by molar-refractivity contribution is 0.0220. The fraction of sp³-hybridized carbons (Fsp3) is 0.304. The van der Waals surface area contributed by atoms with Crippen molar-refractivity contribution in [2.45, 2.75) is 25.2 Å². The first-order valence-electron chi connectivity index (χ1n) is 9.81. The molecule has 5 nitrogen and oxygen atoms in total. The van der Waals surface area contributed by atoms with Gasteiger partial charge >= 0.3 is 0 Å². The first-order chi connectivity index (χ1) is 14.0. The number of benzene rings is 2. The Balaban J connectivity index is 1.52. The van der Waals surface area contributed by atoms with Gasteiger partial charge in [0.1, 0.15) is 0 Å². The molecule has 0 N–H and O–H groups in total. The smallest absolute Gasteiger partial charge is 0.236 e. The van der Waals surface area contributed by atoms with Gasteiger partial charge in [-0.1, -0.05) is 67.2 Å². The highest BCUT2D eigenvalue weighted by Gasteiger charge is 2.41. The average molecular weight is 411 g/mol. The maximum Gasteiger partial charge on any atom is 0.236 e. The van der Waals surface area contributed by atoms with E-state index in [1.54, 1.807) is 10.4 Å². The van der Waals surface area contributed by atoms with Crippen LogP contribution in [-0.2, 0) is 27.9 Å². The molecular formula is C23H26N2O3S. The van der Waals surface area contributed by atoms with Crippen LogP contribution in [0.5, 0.6) is 0 Å². The van der Waals surface area contributed by atoms with Crippen LogP contribution in [-0.4, -0.2) is 49.4 Å². The molecule has 2 bridgehead atoms. The minimum Gasteiger partial charge on any atom is -0.375 e. The van der Waals surface area contributed by atoms with Crippen molar-refractivity contribution in [3.05, 3.63) is 95.4 Å². The predicted molar refractivity (Wildman–Crippen MR) is 114 cm³/mol. The fourth-order valence-corrected chi connectivity index (χ4v) is 5.36. The number of rotatable bonds is 6. The zero-order chi connectivity index (χ0) is 20.3. The number of hydrogen-bond acceptors (Lipinski definition) is 4. The van der Waals surface area contributed by atoms with Crippen LogP contribution in [0.25, 0.3) is 0 Å². The van der Waals surface area contributed by atoms with Gasteiger partial charge in [0.05, 0.1) is 19.3 Å². The van der Waals surface area contributed by atoms with E-state index in [-0.39, 0.29) is 12.1 Å². The van der Waals surface area contributed by atoms with Crippen molar-refractivity contribution >= 4 is 10.0 Å². The van der Waals surface area contributed by atoms with E-state index in [4.69, 9.17) is 4.74 Å². The van der Waals surface area contributed by atoms with Crippen LogP contribution in [0.1, 0.15) is 11.1 Å². The third-order valence-corrected chi connectivity index (χ3v) is 7.09. The zero-order valence-electron chi connectivity index (χ0n) is 16.4. The molecule has 1 fully saturated rings. The summed E-state index contributed by atoms with van der Waals surface area (Å²) in [6.45, 7) is 6.71. The summed E-state index contributed by atoms with van der Waals surface area (Å²) < 4.78 is 33.1. The second-order valence-corrected chi connectivity index (χ2v) is 9.35. The molecule has 3 atom stereocenters. The van der Waals surface area contributed by atoms with Gasteiger partial charge in [-0.2, -0.15) is 4.31 Å². The number of piperazine rings is 1. The monoisotopic (exact) mass is 410 g/mol. The summed E-state index contributed by atoms with van der Waals surface area (Å²) in [5.74, 6) is 0. The topological polar surface area (TPSA) is 49.9 Å². The largest absolute Gasteiger partial charge is 0.375 e. The van der Waals surface area contributed by atoms with E-state index < -0.39 is 10.0 Å². The fourth-order valence-electron chi connectivity index (χ4n) is 3.97. The van der Waals surface area contributed by atoms with Crippen molar-refractivity contribution in [3.63, 3.8) is 0 Å². The Morgan fingerprint density at radius 2 is 1.62 bits per heavy atom. The summed E-state index contributed by atoms with van der Waals surface area (Å²) in [6, 6.07) is 19.9. The van der Waals surface area contributed by atoms with Crippen LogP contribution < -0.4 is 0 Å². The molecule has 2 aromatic rings. The van der Waals surface area contributed by atoms with E-state index in [1.165, 1.54) is 11.0 Å². The van der Waals surface area contributed by atoms with E-state index in [0.29, 0.717) is 26.3 Å². The summed E-state index contributed by atoms with van der Waals surface area (Å²) in [5, 5.41) is 1.28. The van der Waals surface area contributed by atoms with E-state index in [2.05, 4.69) is 23.6 Å². The molecule has 1 unspecified atom stereocenters. The van der Waals surface area contributed by atoms with Gasteiger partial charge in [-0.15, -0.1) is 0 Å². The highest BCUT2D eigenvalue weighted by Crippen LogP contribution is 2.29. The molecule has 2 aliphatic rings. The maximum atomic E-state index is 12.8. The van der Waals surface area contributed by atoms with Crippen LogP contribution in [0.15, 0.2) is 84.3 Å². The Kier molecular flexibility index (Phi) is 5.96. The predicted octanol–water partition coefficient (Wildman–Crippen LogP) is 3.17. The molecule has 2 aliphatic heterocycles. The van der Waals surface area contributed by atoms with Crippen molar-refractivity contribution in [1.82, 2.24) is 9.21 Å². The van der Waals surface area contributed by atoms with Crippen LogP contribution in [0.3, 0.4) is 0 Å². The SMILES string of the molecule is C=C1C=CS(=O)(=O)N2C[C@@H]1N(Cc1ccccc1)C[C@@H]2COCc1ccccc1. The molecule has 4 rings (SSSR count). The molecule has 0 amide bonds. The van der Waals surface area contributed by atoms with Gasteiger partial charge in [-0.25, -0.2) is 8.42 Å². The molecule has 1 saturated heterocycles. The van der Waals surface area contributed by atoms with E-state index in [1.807, 2.05) is 48.5 Å². The van der Waals surface area contributed by atoms with Gasteiger partial charge < -0.3 is 4.74 Å². The Hall–Kier alpha value is -2.25. The van der Waals surface area contributed by atoms with Gasteiger partial charge in [0.15, 0.2) is 0 Å². The minimum absolute atomic E-state index is 0.0332. The van der Waals surface area contributed by atoms with Crippen molar-refractivity contribution in [1.29, 1.82) is 0 Å². The van der Waals surface area contributed by atoms with Crippen LogP contribution >= 0.6 is 0 Å². The number of sulfonamides is 1. The summed E-state index contributed by atoms with van der Waals surface area (Å²) in [4.78, 5) is 2.32. The maximum absolute atomic E-state index is 12.8. The molecule has 0 radical (unpaired) electrons. The van der Waals surface area contributed by atoms with Crippen molar-refractivity contribution in [2.75, 3.05) is 19.7 Å². The summed E-state index contributed by atoms with van der Waals surface area (Å²) in [7, 11) is -3.48. The van der Waals surface area contributed by atoms with Crippen molar-refractivity contribution < 1.29 is 13.2 Å². The standard InChI is InChI=1S/C23H26N2O3S/c1-19-12-13-29(26,27)25-16-23(19)24(14-20-8-4-2-5-9-20)15-22(25)18-28-17-21-10-6-3-7-11-21/h2-13,22-23H,1,14-18H2/t22-,23+/m1/s1. The highest BCUT2D eigenvalue weighted by molar-refractivity contribution is 7.92. The number of hydrogen-bond donors (Lipinski definition) is 0. The van der Waals surface area contributed by atoms with Gasteiger partial charge in [0, 0.05) is 31.1 Å². The van der Waals surface area contributed by atoms with E-state index in [0.717, 1.165) is 17.7 Å². The first-order valence-corrected chi connectivity index (χ1v) is 11.3. The van der Waals surface area contributed by atoms with E-state index in [9.17, 15) is 8.42 Å². The van der Waals surface area contributed by atoms with Gasteiger partial charge in [0.2, 0.25) is 10.0 Å². The second-order valence-electron chi connectivity index (χ2n) is 7.58. The molecule has 0 aromatic heterocycles. The van der Waals surface area contributed by atoms with Crippen LogP contribution in [0, 0.1) is 0 Å². The summed E-state index contributed by atoms with van der Waals surface area (Å²) in [6.07, 6.45) is 1.64. The van der Waals surface area contributed by atoms with Gasteiger partial charge in [-0.05, 0) is 22.8 Å². The first kappa shape index (κ1) is 20.0. The Morgan fingerprint density at radius 1 is 0.966 bits per heavy atom. The quantitative estimate of drug-likeness (QED) is 0.734. The van der Waals surface area contributed by atoms with Crippen LogP contribution in [0.2, 0.25) is 0 Å². The highest BCUT2D eigenvalue weighted by atomic mass is 32.2. The van der Waals surface area contributed by atoms with Gasteiger partial charge in [-0.3, -0.25) is 4.90 Å². The molecular weight excluding hydrogens is 384 g/mol. The molecule has 2 heterocycles. The summed E-state index contributed by atoms with van der Waals surface area (Å²) in [5.41, 5.74) is 3.11. The Labute approximate surface area is 173 Å². The van der Waals surface area contributed by atoms with Crippen molar-refractivity contribution in [3.8, 4) is 0 Å². The number of nitrogens with zero attached hydrogens (tertiary/aromatic N) is 2. The molecule has 6 heteroatoms. The zero-order valence-corrected chi connectivity index (χ0v) is 17.2.